The summed E-state index contributed by atoms with van der Waals surface area (Å²) in [7, 11) is 2.96. The molecule has 100 valence electrons. The largest absolute Gasteiger partial charge is 0.465 e. The Labute approximate surface area is 107 Å². The number of hydrogen-bond donors (Lipinski definition) is 1. The van der Waals surface area contributed by atoms with E-state index in [4.69, 9.17) is 15.2 Å². The summed E-state index contributed by atoms with van der Waals surface area (Å²) in [6.45, 7) is 3.90. The van der Waals surface area contributed by atoms with E-state index in [2.05, 4.69) is 4.98 Å². The van der Waals surface area contributed by atoms with Crippen molar-refractivity contribution in [2.24, 2.45) is 0 Å². The van der Waals surface area contributed by atoms with Crippen LogP contribution in [-0.2, 0) is 9.47 Å². The summed E-state index contributed by atoms with van der Waals surface area (Å²) in [5, 5.41) is 0. The third-order valence-corrected chi connectivity index (χ3v) is 2.54. The Bertz CT molecular complexity index is 410. The zero-order valence-electron chi connectivity index (χ0n) is 11.0. The first-order chi connectivity index (χ1) is 8.63. The van der Waals surface area contributed by atoms with E-state index in [-0.39, 0.29) is 0 Å². The Morgan fingerprint density at radius 2 is 2.22 bits per heavy atom. The molecule has 1 aromatic heterocycles. The van der Waals surface area contributed by atoms with Crippen LogP contribution in [-0.4, -0.2) is 44.9 Å². The average Bonchev–Trinajstić information content (AvgIpc) is 2.39. The fourth-order valence-corrected chi connectivity index (χ4v) is 1.60. The van der Waals surface area contributed by atoms with E-state index >= 15 is 0 Å². The van der Waals surface area contributed by atoms with Gasteiger partial charge < -0.3 is 20.1 Å². The summed E-state index contributed by atoms with van der Waals surface area (Å²) in [5.74, 6) is 0.122. The highest BCUT2D eigenvalue weighted by atomic mass is 16.5. The van der Waals surface area contributed by atoms with Crippen molar-refractivity contribution in [2.45, 2.75) is 6.92 Å². The number of nitrogen functional groups attached to an aromatic ring is 1. The van der Waals surface area contributed by atoms with Gasteiger partial charge in [0, 0.05) is 20.2 Å². The minimum absolute atomic E-state index is 0.371. The Morgan fingerprint density at radius 3 is 2.78 bits per heavy atom. The molecule has 0 aliphatic heterocycles. The molecule has 0 bridgehead atoms. The number of aromatic nitrogens is 1. The van der Waals surface area contributed by atoms with E-state index in [0.717, 1.165) is 0 Å². The lowest BCUT2D eigenvalue weighted by atomic mass is 10.2. The zero-order chi connectivity index (χ0) is 13.5. The van der Waals surface area contributed by atoms with Crippen molar-refractivity contribution in [1.82, 2.24) is 4.98 Å². The van der Waals surface area contributed by atoms with Gasteiger partial charge in [0.05, 0.1) is 25.6 Å². The molecule has 0 saturated heterocycles. The standard InChI is InChI=1S/C12H19N3O3/c1-4-15(5-6-17-2)11-10(12(16)18-3)7-9(13)8-14-11/h7-8H,4-6,13H2,1-3H3. The second kappa shape index (κ2) is 6.80. The van der Waals surface area contributed by atoms with Crippen LogP contribution in [0.15, 0.2) is 12.3 Å². The Balaban J connectivity index is 3.08. The van der Waals surface area contributed by atoms with Crippen molar-refractivity contribution in [3.8, 4) is 0 Å². The van der Waals surface area contributed by atoms with Gasteiger partial charge in [-0.1, -0.05) is 0 Å². The van der Waals surface area contributed by atoms with Crippen molar-refractivity contribution < 1.29 is 14.3 Å². The second-order valence-electron chi connectivity index (χ2n) is 3.70. The van der Waals surface area contributed by atoms with Gasteiger partial charge in [0.25, 0.3) is 0 Å². The van der Waals surface area contributed by atoms with Crippen LogP contribution in [0.1, 0.15) is 17.3 Å². The maximum absolute atomic E-state index is 11.7. The average molecular weight is 253 g/mol. The molecule has 1 rings (SSSR count). The molecule has 0 saturated carbocycles. The zero-order valence-corrected chi connectivity index (χ0v) is 11.0. The SMILES string of the molecule is CCN(CCOC)c1ncc(N)cc1C(=O)OC. The lowest BCUT2D eigenvalue weighted by molar-refractivity contribution is 0.0601. The molecule has 0 fully saturated rings. The molecule has 0 aliphatic rings. The third kappa shape index (κ3) is 3.33. The predicted octanol–water partition coefficient (Wildman–Crippen LogP) is 0.923. The number of esters is 1. The first-order valence-corrected chi connectivity index (χ1v) is 5.71. The lowest BCUT2D eigenvalue weighted by Gasteiger charge is -2.23. The summed E-state index contributed by atoms with van der Waals surface area (Å²) in [5.41, 5.74) is 6.45. The molecule has 0 radical (unpaired) electrons. The lowest BCUT2D eigenvalue weighted by Crippen LogP contribution is -2.29. The highest BCUT2D eigenvalue weighted by Crippen LogP contribution is 2.20. The summed E-state index contributed by atoms with van der Waals surface area (Å²) in [6, 6.07) is 1.57. The van der Waals surface area contributed by atoms with Gasteiger partial charge in [0.15, 0.2) is 0 Å². The van der Waals surface area contributed by atoms with E-state index < -0.39 is 5.97 Å². The maximum Gasteiger partial charge on any atom is 0.341 e. The molecule has 18 heavy (non-hydrogen) atoms. The Hall–Kier alpha value is -1.82. The highest BCUT2D eigenvalue weighted by molar-refractivity contribution is 5.95. The normalized spacial score (nSPS) is 10.2. The summed E-state index contributed by atoms with van der Waals surface area (Å²) >= 11 is 0. The second-order valence-corrected chi connectivity index (χ2v) is 3.70. The molecule has 2 N–H and O–H groups in total. The van der Waals surface area contributed by atoms with E-state index in [1.165, 1.54) is 13.3 Å². The number of pyridine rings is 1. The van der Waals surface area contributed by atoms with Crippen LogP contribution in [0, 0.1) is 0 Å². The summed E-state index contributed by atoms with van der Waals surface area (Å²) in [6.07, 6.45) is 1.53. The van der Waals surface area contributed by atoms with Crippen molar-refractivity contribution >= 4 is 17.5 Å². The minimum Gasteiger partial charge on any atom is -0.465 e. The number of carbonyl (C=O) groups excluding carboxylic acids is 1. The topological polar surface area (TPSA) is 77.7 Å². The number of nitrogens with two attached hydrogens (primary N) is 1. The molecular weight excluding hydrogens is 234 g/mol. The predicted molar refractivity (Wildman–Crippen MR) is 69.8 cm³/mol. The maximum atomic E-state index is 11.7. The highest BCUT2D eigenvalue weighted by Gasteiger charge is 2.18. The number of carbonyl (C=O) groups is 1. The number of likely N-dealkylation sites (N-methyl/N-ethyl adjacent to an activating group) is 1. The first-order valence-electron chi connectivity index (χ1n) is 5.71. The molecule has 0 atom stereocenters. The number of methoxy groups -OCH3 is 2. The fourth-order valence-electron chi connectivity index (χ4n) is 1.60. The van der Waals surface area contributed by atoms with Crippen molar-refractivity contribution in [3.63, 3.8) is 0 Å². The molecule has 0 unspecified atom stereocenters. The van der Waals surface area contributed by atoms with Crippen molar-refractivity contribution in [2.75, 3.05) is 44.5 Å². The molecule has 6 heteroatoms. The van der Waals surface area contributed by atoms with Gasteiger partial charge in [-0.3, -0.25) is 0 Å². The van der Waals surface area contributed by atoms with Crippen LogP contribution in [0.5, 0.6) is 0 Å². The van der Waals surface area contributed by atoms with Crippen molar-refractivity contribution in [3.05, 3.63) is 17.8 Å². The molecule has 1 heterocycles. The van der Waals surface area contributed by atoms with Crippen LogP contribution in [0.3, 0.4) is 0 Å². The fraction of sp³-hybridized carbons (Fsp3) is 0.500. The third-order valence-electron chi connectivity index (χ3n) is 2.54. The molecule has 0 spiro atoms. The van der Waals surface area contributed by atoms with E-state index in [0.29, 0.717) is 36.8 Å². The number of nitrogens with zero attached hydrogens (tertiary/aromatic N) is 2. The van der Waals surface area contributed by atoms with Crippen LogP contribution >= 0.6 is 0 Å². The van der Waals surface area contributed by atoms with Crippen LogP contribution in [0.4, 0.5) is 11.5 Å². The number of ether oxygens (including phenoxy) is 2. The van der Waals surface area contributed by atoms with Gasteiger partial charge in [-0.05, 0) is 13.0 Å². The smallest absolute Gasteiger partial charge is 0.341 e. The van der Waals surface area contributed by atoms with Crippen LogP contribution in [0.2, 0.25) is 0 Å². The molecule has 0 amide bonds. The number of anilines is 2. The summed E-state index contributed by atoms with van der Waals surface area (Å²) in [4.78, 5) is 17.9. The van der Waals surface area contributed by atoms with E-state index in [1.54, 1.807) is 13.2 Å². The van der Waals surface area contributed by atoms with Crippen LogP contribution in [0.25, 0.3) is 0 Å². The molecule has 0 aromatic carbocycles. The Kier molecular flexibility index (Phi) is 5.38. The monoisotopic (exact) mass is 253 g/mol. The van der Waals surface area contributed by atoms with E-state index in [9.17, 15) is 4.79 Å². The van der Waals surface area contributed by atoms with Gasteiger partial charge in [-0.2, -0.15) is 0 Å². The molecule has 0 aliphatic carbocycles. The summed E-state index contributed by atoms with van der Waals surface area (Å²) < 4.78 is 9.77. The van der Waals surface area contributed by atoms with Gasteiger partial charge in [-0.15, -0.1) is 0 Å². The quantitative estimate of drug-likeness (QED) is 0.760. The van der Waals surface area contributed by atoms with Gasteiger partial charge >= 0.3 is 5.97 Å². The Morgan fingerprint density at radius 1 is 1.50 bits per heavy atom. The minimum atomic E-state index is -0.444. The molecule has 1 aromatic rings. The van der Waals surface area contributed by atoms with Gasteiger partial charge in [-0.25, -0.2) is 9.78 Å². The first kappa shape index (κ1) is 14.2. The number of hydrogen-bond acceptors (Lipinski definition) is 6. The van der Waals surface area contributed by atoms with Crippen LogP contribution < -0.4 is 10.6 Å². The molecule has 6 nitrogen and oxygen atoms in total. The van der Waals surface area contributed by atoms with E-state index in [1.807, 2.05) is 11.8 Å². The number of rotatable bonds is 6. The van der Waals surface area contributed by atoms with Gasteiger partial charge in [0.2, 0.25) is 0 Å². The molecular formula is C12H19N3O3. The van der Waals surface area contributed by atoms with Gasteiger partial charge in [0.1, 0.15) is 11.4 Å². The van der Waals surface area contributed by atoms with Crippen molar-refractivity contribution in [1.29, 1.82) is 0 Å².